The summed E-state index contributed by atoms with van der Waals surface area (Å²) in [6.07, 6.45) is 2.55. The lowest BCUT2D eigenvalue weighted by molar-refractivity contribution is -0.144. The van der Waals surface area contributed by atoms with Gasteiger partial charge in [0.05, 0.1) is 12.6 Å². The van der Waals surface area contributed by atoms with Crippen LogP contribution in [0.15, 0.2) is 23.1 Å². The number of aromatic hydroxyl groups is 1. The van der Waals surface area contributed by atoms with Crippen molar-refractivity contribution in [2.24, 2.45) is 11.8 Å². The number of amides is 2. The topological polar surface area (TPSA) is 101 Å². The fourth-order valence-electron chi connectivity index (χ4n) is 5.70. The predicted molar refractivity (Wildman–Crippen MR) is 109 cm³/mol. The molecule has 5 atom stereocenters. The molecule has 2 aliphatic heterocycles. The van der Waals surface area contributed by atoms with E-state index in [-0.39, 0.29) is 29.9 Å². The van der Waals surface area contributed by atoms with E-state index in [1.54, 1.807) is 4.90 Å². The molecule has 2 aliphatic carbocycles. The van der Waals surface area contributed by atoms with Crippen LogP contribution in [0.1, 0.15) is 44.8 Å². The van der Waals surface area contributed by atoms with Gasteiger partial charge >= 0.3 is 0 Å². The zero-order valence-corrected chi connectivity index (χ0v) is 17.7. The van der Waals surface area contributed by atoms with Gasteiger partial charge in [0.1, 0.15) is 17.2 Å². The number of aryl methyl sites for hydroxylation is 1. The van der Waals surface area contributed by atoms with Gasteiger partial charge in [0.25, 0.3) is 11.8 Å². The number of carbonyl (C=O) groups excluding carboxylic acids is 2. The van der Waals surface area contributed by atoms with Crippen LogP contribution < -0.4 is 10.7 Å². The maximum atomic E-state index is 14.1. The van der Waals surface area contributed by atoms with E-state index in [0.29, 0.717) is 17.4 Å². The molecular weight excluding hydrogens is 436 g/mol. The first-order valence-electron chi connectivity index (χ1n) is 10.9. The number of fused-ring (bicyclic) bond motifs is 8. The van der Waals surface area contributed by atoms with Crippen LogP contribution in [0.2, 0.25) is 0 Å². The van der Waals surface area contributed by atoms with Gasteiger partial charge in [0.15, 0.2) is 17.7 Å². The summed E-state index contributed by atoms with van der Waals surface area (Å²) in [5, 5.41) is 12.9. The third-order valence-electron chi connectivity index (χ3n) is 7.34. The molecule has 1 unspecified atom stereocenters. The molecule has 2 bridgehead atoms. The molecule has 2 N–H and O–H groups in total. The largest absolute Gasteiger partial charge is 0.503 e. The van der Waals surface area contributed by atoms with E-state index in [9.17, 15) is 28.3 Å². The van der Waals surface area contributed by atoms with Crippen molar-refractivity contribution in [3.8, 4) is 5.75 Å². The molecule has 2 amide bonds. The van der Waals surface area contributed by atoms with Crippen LogP contribution >= 0.6 is 0 Å². The van der Waals surface area contributed by atoms with Gasteiger partial charge in [-0.3, -0.25) is 14.4 Å². The van der Waals surface area contributed by atoms with Crippen molar-refractivity contribution in [3.05, 3.63) is 62.6 Å². The van der Waals surface area contributed by atoms with Gasteiger partial charge in [0.2, 0.25) is 5.43 Å². The average molecular weight is 457 g/mol. The van der Waals surface area contributed by atoms with Crippen LogP contribution in [0, 0.1) is 30.4 Å². The predicted octanol–water partition coefficient (Wildman–Crippen LogP) is 1.66. The Balaban J connectivity index is 1.30. The highest BCUT2D eigenvalue weighted by Crippen LogP contribution is 2.58. The second-order valence-electron chi connectivity index (χ2n) is 9.32. The molecule has 0 radical (unpaired) electrons. The molecule has 2 aromatic rings. The molecule has 8 nitrogen and oxygen atoms in total. The highest BCUT2D eigenvalue weighted by molar-refractivity contribution is 5.99. The zero-order valence-electron chi connectivity index (χ0n) is 17.7. The van der Waals surface area contributed by atoms with Crippen LogP contribution in [0.3, 0.4) is 0 Å². The van der Waals surface area contributed by atoms with Crippen LogP contribution in [0.4, 0.5) is 8.78 Å². The van der Waals surface area contributed by atoms with Gasteiger partial charge in [-0.15, -0.1) is 0 Å². The number of hydrogen-bond acceptors (Lipinski definition) is 5. The van der Waals surface area contributed by atoms with Crippen molar-refractivity contribution >= 4 is 11.8 Å². The van der Waals surface area contributed by atoms with Gasteiger partial charge in [-0.05, 0) is 49.3 Å². The van der Waals surface area contributed by atoms with Crippen molar-refractivity contribution < 1.29 is 28.2 Å². The molecule has 3 heterocycles. The van der Waals surface area contributed by atoms with Gasteiger partial charge < -0.3 is 24.6 Å². The Kier molecular flexibility index (Phi) is 4.23. The van der Waals surface area contributed by atoms with E-state index in [1.165, 1.54) is 17.7 Å². The Morgan fingerprint density at radius 2 is 1.94 bits per heavy atom. The van der Waals surface area contributed by atoms with Crippen molar-refractivity contribution in [2.45, 2.75) is 51.2 Å². The standard InChI is InChI=1S/C23H21F2N3O5/c1-9-2-14(24)12(15(25)3-9)6-26-22(31)13-7-27-8-18-28(23(32)19(27)21(30)20(13)29)16-5-17(33-18)11-4-10(11)16/h2-3,7,10-11,16-18,30H,4-6,8H2,1H3,(H,26,31)/t10-,11+,16-,17+,18?/m0/s1. The minimum atomic E-state index is -1.01. The summed E-state index contributed by atoms with van der Waals surface area (Å²) >= 11 is 0. The minimum Gasteiger partial charge on any atom is -0.503 e. The number of hydrogen-bond donors (Lipinski definition) is 2. The van der Waals surface area contributed by atoms with Gasteiger partial charge in [0, 0.05) is 24.3 Å². The van der Waals surface area contributed by atoms with Gasteiger partial charge in [-0.2, -0.15) is 0 Å². The Morgan fingerprint density at radius 1 is 1.21 bits per heavy atom. The van der Waals surface area contributed by atoms with Crippen LogP contribution in [-0.2, 0) is 17.8 Å². The Hall–Kier alpha value is -3.27. The van der Waals surface area contributed by atoms with E-state index in [4.69, 9.17) is 4.74 Å². The highest BCUT2D eigenvalue weighted by Gasteiger charge is 2.63. The normalized spacial score (nSPS) is 28.8. The van der Waals surface area contributed by atoms with Crippen LogP contribution in [-0.4, -0.2) is 44.8 Å². The molecule has 10 heteroatoms. The van der Waals surface area contributed by atoms with Crippen molar-refractivity contribution in [2.75, 3.05) is 0 Å². The fourth-order valence-corrected chi connectivity index (χ4v) is 5.70. The Labute approximate surface area is 186 Å². The summed E-state index contributed by atoms with van der Waals surface area (Å²) in [4.78, 5) is 40.3. The van der Waals surface area contributed by atoms with Crippen molar-refractivity contribution in [3.63, 3.8) is 0 Å². The number of nitrogens with zero attached hydrogens (tertiary/aromatic N) is 2. The third-order valence-corrected chi connectivity index (χ3v) is 7.34. The Morgan fingerprint density at radius 3 is 2.67 bits per heavy atom. The molecule has 1 aromatic heterocycles. The van der Waals surface area contributed by atoms with Crippen molar-refractivity contribution in [1.29, 1.82) is 0 Å². The quantitative estimate of drug-likeness (QED) is 0.730. The number of pyridine rings is 1. The maximum absolute atomic E-state index is 14.1. The summed E-state index contributed by atoms with van der Waals surface area (Å²) in [5.74, 6) is -2.99. The second-order valence-corrected chi connectivity index (χ2v) is 9.32. The molecule has 33 heavy (non-hydrogen) atoms. The summed E-state index contributed by atoms with van der Waals surface area (Å²) in [7, 11) is 0. The number of benzene rings is 1. The van der Waals surface area contributed by atoms with Crippen LogP contribution in [0.25, 0.3) is 0 Å². The fraction of sp³-hybridized carbons (Fsp3) is 0.435. The summed E-state index contributed by atoms with van der Waals surface area (Å²) in [5.41, 5.74) is -1.55. The molecule has 172 valence electrons. The molecular formula is C23H21F2N3O5. The first-order valence-corrected chi connectivity index (χ1v) is 10.9. The lowest BCUT2D eigenvalue weighted by atomic mass is 10.0. The molecule has 6 rings (SSSR count). The van der Waals surface area contributed by atoms with E-state index in [0.717, 1.165) is 25.0 Å². The average Bonchev–Trinajstić information content (AvgIpc) is 3.50. The third kappa shape index (κ3) is 2.93. The first-order chi connectivity index (χ1) is 15.7. The number of rotatable bonds is 3. The molecule has 1 saturated heterocycles. The summed E-state index contributed by atoms with van der Waals surface area (Å²) in [6.45, 7) is 1.23. The smallest absolute Gasteiger partial charge is 0.276 e. The lowest BCUT2D eigenvalue weighted by Gasteiger charge is -2.45. The number of halogens is 2. The van der Waals surface area contributed by atoms with Crippen molar-refractivity contribution in [1.82, 2.24) is 14.8 Å². The van der Waals surface area contributed by atoms with Crippen LogP contribution in [0.5, 0.6) is 5.75 Å². The van der Waals surface area contributed by atoms with Gasteiger partial charge in [-0.25, -0.2) is 8.78 Å². The number of carbonyl (C=O) groups is 2. The number of aromatic nitrogens is 1. The lowest BCUT2D eigenvalue weighted by Crippen LogP contribution is -2.58. The Bertz CT molecular complexity index is 1270. The second kappa shape index (κ2) is 6.86. The minimum absolute atomic E-state index is 0.0387. The van der Waals surface area contributed by atoms with E-state index in [1.807, 2.05) is 0 Å². The van der Waals surface area contributed by atoms with E-state index in [2.05, 4.69) is 5.32 Å². The van der Waals surface area contributed by atoms with Gasteiger partial charge in [-0.1, -0.05) is 0 Å². The number of nitrogens with one attached hydrogen (secondary N) is 1. The maximum Gasteiger partial charge on any atom is 0.276 e. The molecule has 1 aromatic carbocycles. The summed E-state index contributed by atoms with van der Waals surface area (Å²) < 4.78 is 35.6. The molecule has 4 aliphatic rings. The summed E-state index contributed by atoms with van der Waals surface area (Å²) in [6, 6.07) is 2.32. The highest BCUT2D eigenvalue weighted by atomic mass is 19.1. The number of ether oxygens (including phenoxy) is 1. The SMILES string of the molecule is Cc1cc(F)c(CNC(=O)c2cn3c(c(O)c2=O)C(=O)N2C(C3)O[C@@H]3C[C@H]2[C@H]2C[C@H]23)c(F)c1. The first kappa shape index (κ1) is 20.3. The zero-order chi connectivity index (χ0) is 23.2. The molecule has 2 saturated carbocycles. The van der Waals surface area contributed by atoms with E-state index < -0.39 is 53.0 Å². The monoisotopic (exact) mass is 457 g/mol. The molecule has 0 spiro atoms. The van der Waals surface area contributed by atoms with E-state index >= 15 is 0 Å². The molecule has 3 fully saturated rings.